The number of carbonyl (C=O) groups excluding carboxylic acids is 3. The van der Waals surface area contributed by atoms with E-state index in [1.807, 2.05) is 25.1 Å². The van der Waals surface area contributed by atoms with Crippen LogP contribution in [0, 0.1) is 18.3 Å². The fraction of sp³-hybridized carbons (Fsp3) is 0.0769. The van der Waals surface area contributed by atoms with Gasteiger partial charge in [-0.15, -0.1) is 0 Å². The Hall–Kier alpha value is -4.22. The Bertz CT molecular complexity index is 1390. The van der Waals surface area contributed by atoms with Crippen molar-refractivity contribution in [3.8, 4) is 11.8 Å². The SMILES string of the molecule is Cc1cccc(N2C(=O)NC(=O)C(=Cc3ccc(OCc4ccccc4C#N)c(Br)c3)C2=O)c1. The molecule has 0 spiro atoms. The van der Waals surface area contributed by atoms with E-state index in [4.69, 9.17) is 4.74 Å². The summed E-state index contributed by atoms with van der Waals surface area (Å²) in [5, 5.41) is 11.4. The molecule has 1 fully saturated rings. The molecule has 34 heavy (non-hydrogen) atoms. The smallest absolute Gasteiger partial charge is 0.335 e. The predicted molar refractivity (Wildman–Crippen MR) is 130 cm³/mol. The van der Waals surface area contributed by atoms with Gasteiger partial charge in [0.25, 0.3) is 11.8 Å². The Labute approximate surface area is 204 Å². The summed E-state index contributed by atoms with van der Waals surface area (Å²) < 4.78 is 6.44. The lowest BCUT2D eigenvalue weighted by molar-refractivity contribution is -0.122. The number of barbiturate groups is 1. The first kappa shape index (κ1) is 23.0. The number of nitrogens with one attached hydrogen (secondary N) is 1. The van der Waals surface area contributed by atoms with Crippen LogP contribution in [0.1, 0.15) is 22.3 Å². The Morgan fingerprint density at radius 1 is 1.06 bits per heavy atom. The number of aryl methyl sites for hydroxylation is 1. The number of rotatable bonds is 5. The molecule has 0 atom stereocenters. The Morgan fingerprint density at radius 2 is 1.85 bits per heavy atom. The number of carbonyl (C=O) groups is 3. The molecule has 0 unspecified atom stereocenters. The number of imide groups is 2. The summed E-state index contributed by atoms with van der Waals surface area (Å²) in [5.41, 5.74) is 2.95. The maximum Gasteiger partial charge on any atom is 0.335 e. The van der Waals surface area contributed by atoms with Gasteiger partial charge in [0.05, 0.1) is 21.8 Å². The third kappa shape index (κ3) is 4.75. The van der Waals surface area contributed by atoms with Crippen LogP contribution < -0.4 is 15.0 Å². The molecule has 0 bridgehead atoms. The van der Waals surface area contributed by atoms with Gasteiger partial charge in [0.1, 0.15) is 17.9 Å². The maximum atomic E-state index is 13.0. The molecule has 1 saturated heterocycles. The van der Waals surface area contributed by atoms with Crippen LogP contribution in [0.3, 0.4) is 0 Å². The molecule has 3 aromatic carbocycles. The summed E-state index contributed by atoms with van der Waals surface area (Å²) in [5.74, 6) is -0.932. The molecule has 168 valence electrons. The number of ether oxygens (including phenoxy) is 1. The first-order chi connectivity index (χ1) is 16.4. The van der Waals surface area contributed by atoms with Crippen molar-refractivity contribution in [3.63, 3.8) is 0 Å². The number of nitrogens with zero attached hydrogens (tertiary/aromatic N) is 2. The average molecular weight is 516 g/mol. The van der Waals surface area contributed by atoms with Crippen LogP contribution in [-0.2, 0) is 16.2 Å². The summed E-state index contributed by atoms with van der Waals surface area (Å²) in [6.07, 6.45) is 1.42. The molecule has 1 N–H and O–H groups in total. The van der Waals surface area contributed by atoms with Crippen LogP contribution in [0.4, 0.5) is 10.5 Å². The largest absolute Gasteiger partial charge is 0.488 e. The van der Waals surface area contributed by atoms with E-state index in [0.29, 0.717) is 27.0 Å². The van der Waals surface area contributed by atoms with Gasteiger partial charge in [0, 0.05) is 5.56 Å². The summed E-state index contributed by atoms with van der Waals surface area (Å²) in [6.45, 7) is 2.05. The van der Waals surface area contributed by atoms with Crippen molar-refractivity contribution >= 4 is 45.5 Å². The van der Waals surface area contributed by atoms with Gasteiger partial charge >= 0.3 is 6.03 Å². The highest BCUT2D eigenvalue weighted by atomic mass is 79.9. The molecule has 1 heterocycles. The van der Waals surface area contributed by atoms with Crippen molar-refractivity contribution in [2.24, 2.45) is 0 Å². The van der Waals surface area contributed by atoms with E-state index in [0.717, 1.165) is 16.0 Å². The van der Waals surface area contributed by atoms with Crippen LogP contribution in [0.25, 0.3) is 6.08 Å². The number of benzene rings is 3. The zero-order valence-electron chi connectivity index (χ0n) is 18.0. The van der Waals surface area contributed by atoms with Crippen LogP contribution in [0.15, 0.2) is 76.8 Å². The normalized spacial score (nSPS) is 14.7. The highest BCUT2D eigenvalue weighted by Crippen LogP contribution is 2.29. The van der Waals surface area contributed by atoms with Crippen molar-refractivity contribution in [3.05, 3.63) is 99.0 Å². The molecule has 0 radical (unpaired) electrons. The van der Waals surface area contributed by atoms with E-state index in [2.05, 4.69) is 27.3 Å². The first-order valence-electron chi connectivity index (χ1n) is 10.3. The van der Waals surface area contributed by atoms with Crippen molar-refractivity contribution in [2.75, 3.05) is 4.90 Å². The van der Waals surface area contributed by atoms with Crippen LogP contribution in [0.2, 0.25) is 0 Å². The number of anilines is 1. The molecule has 1 aliphatic rings. The number of urea groups is 1. The summed E-state index contributed by atoms with van der Waals surface area (Å²) in [6, 6.07) is 20.5. The van der Waals surface area contributed by atoms with Gasteiger partial charge in [-0.25, -0.2) is 9.69 Å². The van der Waals surface area contributed by atoms with Gasteiger partial charge < -0.3 is 4.74 Å². The van der Waals surface area contributed by atoms with E-state index in [1.165, 1.54) is 6.08 Å². The fourth-order valence-corrected chi connectivity index (χ4v) is 3.97. The van der Waals surface area contributed by atoms with Gasteiger partial charge in [-0.2, -0.15) is 5.26 Å². The highest BCUT2D eigenvalue weighted by Gasteiger charge is 2.36. The Morgan fingerprint density at radius 3 is 2.59 bits per heavy atom. The third-order valence-corrected chi connectivity index (χ3v) is 5.77. The van der Waals surface area contributed by atoms with Gasteiger partial charge in [-0.05, 0) is 70.4 Å². The van der Waals surface area contributed by atoms with Crippen LogP contribution in [0.5, 0.6) is 5.75 Å². The number of amides is 4. The van der Waals surface area contributed by atoms with E-state index >= 15 is 0 Å². The molecular weight excluding hydrogens is 498 g/mol. The van der Waals surface area contributed by atoms with Crippen molar-refractivity contribution in [1.82, 2.24) is 5.32 Å². The third-order valence-electron chi connectivity index (χ3n) is 5.15. The lowest BCUT2D eigenvalue weighted by Crippen LogP contribution is -2.54. The molecule has 7 nitrogen and oxygen atoms in total. The molecule has 0 aromatic heterocycles. The standard InChI is InChI=1S/C26H18BrN3O4/c1-16-5-4-8-20(11-16)30-25(32)21(24(31)29-26(30)33)12-17-9-10-23(22(27)13-17)34-15-19-7-3-2-6-18(19)14-28/h2-13H,15H2,1H3,(H,29,31,33). The van der Waals surface area contributed by atoms with Gasteiger partial charge in [-0.1, -0.05) is 36.4 Å². The number of hydrogen-bond donors (Lipinski definition) is 1. The van der Waals surface area contributed by atoms with Crippen LogP contribution in [-0.4, -0.2) is 17.8 Å². The average Bonchev–Trinajstić information content (AvgIpc) is 2.81. The van der Waals surface area contributed by atoms with Crippen molar-refractivity contribution in [2.45, 2.75) is 13.5 Å². The topological polar surface area (TPSA) is 99.5 Å². The fourth-order valence-electron chi connectivity index (χ4n) is 3.46. The Balaban J connectivity index is 1.57. The minimum absolute atomic E-state index is 0.162. The lowest BCUT2D eigenvalue weighted by Gasteiger charge is -2.26. The zero-order valence-corrected chi connectivity index (χ0v) is 19.6. The molecule has 1 aliphatic heterocycles. The molecule has 4 amide bonds. The highest BCUT2D eigenvalue weighted by molar-refractivity contribution is 9.10. The summed E-state index contributed by atoms with van der Waals surface area (Å²) in [7, 11) is 0. The molecule has 8 heteroatoms. The summed E-state index contributed by atoms with van der Waals surface area (Å²) in [4.78, 5) is 38.8. The van der Waals surface area contributed by atoms with Gasteiger partial charge in [0.2, 0.25) is 0 Å². The monoisotopic (exact) mass is 515 g/mol. The van der Waals surface area contributed by atoms with E-state index in [-0.39, 0.29) is 12.2 Å². The molecule has 3 aromatic rings. The van der Waals surface area contributed by atoms with Crippen molar-refractivity contribution in [1.29, 1.82) is 5.26 Å². The van der Waals surface area contributed by atoms with Gasteiger partial charge in [-0.3, -0.25) is 14.9 Å². The second-order valence-corrected chi connectivity index (χ2v) is 8.40. The van der Waals surface area contributed by atoms with Crippen molar-refractivity contribution < 1.29 is 19.1 Å². The molecular formula is C26H18BrN3O4. The van der Waals surface area contributed by atoms with E-state index < -0.39 is 17.8 Å². The van der Waals surface area contributed by atoms with E-state index in [9.17, 15) is 19.6 Å². The molecule has 4 rings (SSSR count). The van der Waals surface area contributed by atoms with E-state index in [1.54, 1.807) is 48.5 Å². The number of hydrogen-bond acceptors (Lipinski definition) is 5. The first-order valence-corrected chi connectivity index (χ1v) is 11.0. The zero-order chi connectivity index (χ0) is 24.2. The minimum Gasteiger partial charge on any atom is -0.488 e. The second kappa shape index (κ2) is 9.73. The predicted octanol–water partition coefficient (Wildman–Crippen LogP) is 4.87. The van der Waals surface area contributed by atoms with Crippen LogP contribution >= 0.6 is 15.9 Å². The maximum absolute atomic E-state index is 13.0. The van der Waals surface area contributed by atoms with Gasteiger partial charge in [0.15, 0.2) is 0 Å². The number of nitriles is 1. The summed E-state index contributed by atoms with van der Waals surface area (Å²) >= 11 is 3.45. The second-order valence-electron chi connectivity index (χ2n) is 7.54. The lowest BCUT2D eigenvalue weighted by atomic mass is 10.1. The molecule has 0 saturated carbocycles. The minimum atomic E-state index is -0.791. The Kier molecular flexibility index (Phi) is 6.57. The number of halogens is 1. The molecule has 0 aliphatic carbocycles. The quantitative estimate of drug-likeness (QED) is 0.385.